The molecule has 0 radical (unpaired) electrons. The summed E-state index contributed by atoms with van der Waals surface area (Å²) in [5.41, 5.74) is 0.657. The fraction of sp³-hybridized carbons (Fsp3) is 0.571. The number of fused-ring (bicyclic) bond motifs is 1. The minimum absolute atomic E-state index is 0.0751. The van der Waals surface area contributed by atoms with Crippen LogP contribution in [0.25, 0.3) is 0 Å². The molecule has 1 aliphatic rings. The largest absolute Gasteiger partial charge is 0.343 e. The van der Waals surface area contributed by atoms with E-state index in [1.165, 1.54) is 0 Å². The van der Waals surface area contributed by atoms with Gasteiger partial charge in [0.05, 0.1) is 11.9 Å². The van der Waals surface area contributed by atoms with Crippen LogP contribution in [0.3, 0.4) is 0 Å². The molecule has 1 aliphatic heterocycles. The molecule has 0 fully saturated rings. The maximum Gasteiger partial charge on any atom is 0.246 e. The molecule has 0 bridgehead atoms. The SMILES string of the molecule is CCC(F)CCCN1c2nc(Cl)ccc2NC(=O)C1C. The third-order valence-corrected chi connectivity index (χ3v) is 3.79. The number of halogens is 2. The van der Waals surface area contributed by atoms with Gasteiger partial charge in [-0.05, 0) is 38.3 Å². The smallest absolute Gasteiger partial charge is 0.246 e. The minimum atomic E-state index is -0.782. The first kappa shape index (κ1) is 15.0. The Hall–Kier alpha value is -1.36. The lowest BCUT2D eigenvalue weighted by Crippen LogP contribution is -2.47. The second kappa shape index (κ2) is 6.39. The number of amides is 1. The van der Waals surface area contributed by atoms with Gasteiger partial charge in [0.25, 0.3) is 0 Å². The molecule has 4 nitrogen and oxygen atoms in total. The van der Waals surface area contributed by atoms with Crippen LogP contribution in [-0.2, 0) is 4.79 Å². The lowest BCUT2D eigenvalue weighted by molar-refractivity contribution is -0.117. The van der Waals surface area contributed by atoms with Crippen LogP contribution in [0, 0.1) is 0 Å². The Bertz CT molecular complexity index is 497. The van der Waals surface area contributed by atoms with Crippen molar-refractivity contribution < 1.29 is 9.18 Å². The van der Waals surface area contributed by atoms with Crippen LogP contribution in [0.2, 0.25) is 5.15 Å². The predicted octanol–water partition coefficient (Wildman–Crippen LogP) is 3.41. The Kier molecular flexibility index (Phi) is 4.81. The van der Waals surface area contributed by atoms with Crippen LogP contribution in [-0.4, -0.2) is 29.6 Å². The topological polar surface area (TPSA) is 45.2 Å². The molecule has 1 N–H and O–H groups in total. The molecule has 0 saturated heterocycles. The molecule has 2 atom stereocenters. The zero-order chi connectivity index (χ0) is 14.7. The van der Waals surface area contributed by atoms with E-state index >= 15 is 0 Å². The van der Waals surface area contributed by atoms with Crippen LogP contribution >= 0.6 is 11.6 Å². The van der Waals surface area contributed by atoms with Crippen molar-refractivity contribution in [2.45, 2.75) is 45.3 Å². The molecule has 1 amide bonds. The van der Waals surface area contributed by atoms with Crippen LogP contribution < -0.4 is 10.2 Å². The van der Waals surface area contributed by atoms with E-state index in [0.717, 1.165) is 0 Å². The summed E-state index contributed by atoms with van der Waals surface area (Å²) in [6.45, 7) is 4.24. The summed E-state index contributed by atoms with van der Waals surface area (Å²) in [7, 11) is 0. The summed E-state index contributed by atoms with van der Waals surface area (Å²) in [6.07, 6.45) is 0.921. The molecule has 1 aromatic rings. The molecule has 6 heteroatoms. The molecule has 110 valence electrons. The summed E-state index contributed by atoms with van der Waals surface area (Å²) in [5.74, 6) is 0.588. The van der Waals surface area contributed by atoms with E-state index in [2.05, 4.69) is 10.3 Å². The molecule has 0 saturated carbocycles. The number of nitrogens with zero attached hydrogens (tertiary/aromatic N) is 2. The van der Waals surface area contributed by atoms with Gasteiger partial charge in [-0.1, -0.05) is 18.5 Å². The number of rotatable bonds is 5. The lowest BCUT2D eigenvalue weighted by atomic mass is 10.1. The normalized spacial score (nSPS) is 19.5. The molecule has 0 aliphatic carbocycles. The van der Waals surface area contributed by atoms with Gasteiger partial charge in [0.2, 0.25) is 5.91 Å². The maximum absolute atomic E-state index is 13.3. The zero-order valence-electron chi connectivity index (χ0n) is 11.7. The maximum atomic E-state index is 13.3. The lowest BCUT2D eigenvalue weighted by Gasteiger charge is -2.35. The van der Waals surface area contributed by atoms with Crippen molar-refractivity contribution in [3.05, 3.63) is 17.3 Å². The quantitative estimate of drug-likeness (QED) is 0.848. The van der Waals surface area contributed by atoms with Crippen molar-refractivity contribution in [2.24, 2.45) is 0 Å². The third kappa shape index (κ3) is 3.20. The van der Waals surface area contributed by atoms with Gasteiger partial charge in [-0.25, -0.2) is 9.37 Å². The first-order chi connectivity index (χ1) is 9.52. The molecule has 20 heavy (non-hydrogen) atoms. The number of alkyl halides is 1. The Morgan fingerprint density at radius 3 is 3.00 bits per heavy atom. The second-order valence-corrected chi connectivity index (χ2v) is 5.40. The Balaban J connectivity index is 2.14. The molecular weight excluding hydrogens is 281 g/mol. The first-order valence-corrected chi connectivity index (χ1v) is 7.28. The van der Waals surface area contributed by atoms with Crippen molar-refractivity contribution in [3.63, 3.8) is 0 Å². The van der Waals surface area contributed by atoms with Crippen LogP contribution in [0.4, 0.5) is 15.9 Å². The molecule has 2 unspecified atom stereocenters. The van der Waals surface area contributed by atoms with Gasteiger partial charge in [-0.3, -0.25) is 4.79 Å². The highest BCUT2D eigenvalue weighted by Gasteiger charge is 2.30. The fourth-order valence-corrected chi connectivity index (χ4v) is 2.43. The van der Waals surface area contributed by atoms with Crippen molar-refractivity contribution in [1.82, 2.24) is 4.98 Å². The molecule has 0 aromatic carbocycles. The average Bonchev–Trinajstić information content (AvgIpc) is 2.43. The van der Waals surface area contributed by atoms with E-state index in [-0.39, 0.29) is 11.9 Å². The summed E-state index contributed by atoms with van der Waals surface area (Å²) in [4.78, 5) is 18.1. The molecule has 0 spiro atoms. The summed E-state index contributed by atoms with van der Waals surface area (Å²) in [6, 6.07) is 3.06. The fourth-order valence-electron chi connectivity index (χ4n) is 2.29. The predicted molar refractivity (Wildman–Crippen MR) is 79.1 cm³/mol. The molecular formula is C14H19ClFN3O. The summed E-state index contributed by atoms with van der Waals surface area (Å²) >= 11 is 5.92. The summed E-state index contributed by atoms with van der Waals surface area (Å²) < 4.78 is 13.3. The number of hydrogen-bond donors (Lipinski definition) is 1. The number of aromatic nitrogens is 1. The monoisotopic (exact) mass is 299 g/mol. The highest BCUT2D eigenvalue weighted by molar-refractivity contribution is 6.29. The molecule has 2 heterocycles. The number of pyridine rings is 1. The van der Waals surface area contributed by atoms with Gasteiger partial charge in [0, 0.05) is 6.54 Å². The number of carbonyl (C=O) groups excluding carboxylic acids is 1. The first-order valence-electron chi connectivity index (χ1n) is 6.91. The van der Waals surface area contributed by atoms with Crippen molar-refractivity contribution >= 4 is 29.0 Å². The molecule has 2 rings (SSSR count). The number of carbonyl (C=O) groups is 1. The van der Waals surface area contributed by atoms with E-state index in [4.69, 9.17) is 11.6 Å². The van der Waals surface area contributed by atoms with Gasteiger partial charge in [0.1, 0.15) is 11.2 Å². The summed E-state index contributed by atoms with van der Waals surface area (Å²) in [5, 5.41) is 3.18. The van der Waals surface area contributed by atoms with Crippen molar-refractivity contribution in [1.29, 1.82) is 0 Å². The van der Waals surface area contributed by atoms with E-state index < -0.39 is 6.17 Å². The highest BCUT2D eigenvalue weighted by Crippen LogP contribution is 2.31. The number of nitrogens with one attached hydrogen (secondary N) is 1. The Morgan fingerprint density at radius 2 is 2.30 bits per heavy atom. The van der Waals surface area contributed by atoms with Gasteiger partial charge >= 0.3 is 0 Å². The minimum Gasteiger partial charge on any atom is -0.343 e. The number of hydrogen-bond acceptors (Lipinski definition) is 3. The van der Waals surface area contributed by atoms with Crippen molar-refractivity contribution in [3.8, 4) is 0 Å². The zero-order valence-corrected chi connectivity index (χ0v) is 12.5. The van der Waals surface area contributed by atoms with Gasteiger partial charge < -0.3 is 10.2 Å². The van der Waals surface area contributed by atoms with E-state index in [0.29, 0.717) is 42.5 Å². The third-order valence-electron chi connectivity index (χ3n) is 3.58. The van der Waals surface area contributed by atoms with Crippen LogP contribution in [0.15, 0.2) is 12.1 Å². The van der Waals surface area contributed by atoms with Crippen LogP contribution in [0.1, 0.15) is 33.1 Å². The second-order valence-electron chi connectivity index (χ2n) is 5.01. The van der Waals surface area contributed by atoms with Crippen molar-refractivity contribution in [2.75, 3.05) is 16.8 Å². The van der Waals surface area contributed by atoms with Gasteiger partial charge in [-0.15, -0.1) is 0 Å². The van der Waals surface area contributed by atoms with E-state index in [1.54, 1.807) is 12.1 Å². The van der Waals surface area contributed by atoms with E-state index in [9.17, 15) is 9.18 Å². The van der Waals surface area contributed by atoms with Gasteiger partial charge in [0.15, 0.2) is 5.82 Å². The standard InChI is InChI=1S/C14H19ClFN3O/c1-3-10(16)5-4-8-19-9(2)14(20)17-11-6-7-12(15)18-13(11)19/h6-7,9-10H,3-5,8H2,1-2H3,(H,17,20). The van der Waals surface area contributed by atoms with Crippen LogP contribution in [0.5, 0.6) is 0 Å². The molecule has 1 aromatic heterocycles. The van der Waals surface area contributed by atoms with Gasteiger partial charge in [-0.2, -0.15) is 0 Å². The highest BCUT2D eigenvalue weighted by atomic mass is 35.5. The average molecular weight is 300 g/mol. The van der Waals surface area contributed by atoms with E-state index in [1.807, 2.05) is 18.7 Å². The number of anilines is 2. The Labute approximate surface area is 123 Å². The Morgan fingerprint density at radius 1 is 1.55 bits per heavy atom.